The molecule has 0 aromatic heterocycles. The van der Waals surface area contributed by atoms with Crippen LogP contribution in [-0.2, 0) is 0 Å². The lowest BCUT2D eigenvalue weighted by molar-refractivity contribution is -0.0266. The lowest BCUT2D eigenvalue weighted by atomic mass is 10.1. The highest BCUT2D eigenvalue weighted by Gasteiger charge is 2.29. The SMILES string of the molecule is Cc1cc2c(cc1C)OC(C(O)CN1CCNCC1)CO2. The molecular weight excluding hydrogens is 268 g/mol. The number of hydrogen-bond acceptors (Lipinski definition) is 5. The van der Waals surface area contributed by atoms with Gasteiger partial charge in [0.05, 0.1) is 0 Å². The van der Waals surface area contributed by atoms with E-state index >= 15 is 0 Å². The van der Waals surface area contributed by atoms with Gasteiger partial charge in [-0.1, -0.05) is 0 Å². The zero-order valence-electron chi connectivity index (χ0n) is 12.8. The minimum Gasteiger partial charge on any atom is -0.486 e. The van der Waals surface area contributed by atoms with E-state index in [1.807, 2.05) is 12.1 Å². The summed E-state index contributed by atoms with van der Waals surface area (Å²) in [5.41, 5.74) is 2.37. The van der Waals surface area contributed by atoms with Crippen LogP contribution in [0.1, 0.15) is 11.1 Å². The Labute approximate surface area is 125 Å². The number of rotatable bonds is 3. The first kappa shape index (κ1) is 14.6. The Kier molecular flexibility index (Phi) is 4.33. The van der Waals surface area contributed by atoms with E-state index in [9.17, 15) is 5.11 Å². The van der Waals surface area contributed by atoms with E-state index in [1.54, 1.807) is 0 Å². The van der Waals surface area contributed by atoms with Gasteiger partial charge in [0.1, 0.15) is 12.7 Å². The minimum absolute atomic E-state index is 0.297. The molecule has 2 unspecified atom stereocenters. The average Bonchev–Trinajstić information content (AvgIpc) is 2.49. The number of nitrogens with zero attached hydrogens (tertiary/aromatic N) is 1. The molecule has 0 aliphatic carbocycles. The van der Waals surface area contributed by atoms with Gasteiger partial charge in [0, 0.05) is 32.7 Å². The van der Waals surface area contributed by atoms with Crippen LogP contribution in [0.3, 0.4) is 0 Å². The van der Waals surface area contributed by atoms with Gasteiger partial charge in [-0.05, 0) is 37.1 Å². The lowest BCUT2D eigenvalue weighted by Crippen LogP contribution is -2.51. The number of fused-ring (bicyclic) bond motifs is 1. The van der Waals surface area contributed by atoms with Crippen molar-refractivity contribution in [1.29, 1.82) is 0 Å². The van der Waals surface area contributed by atoms with Gasteiger partial charge in [0.15, 0.2) is 17.6 Å². The number of aliphatic hydroxyl groups excluding tert-OH is 1. The molecule has 1 aromatic rings. The topological polar surface area (TPSA) is 54.0 Å². The van der Waals surface area contributed by atoms with Crippen LogP contribution < -0.4 is 14.8 Å². The number of β-amino-alcohol motifs (C(OH)–C–C–N with tert-alkyl or cyclic N) is 1. The van der Waals surface area contributed by atoms with Crippen LogP contribution in [0.25, 0.3) is 0 Å². The second kappa shape index (κ2) is 6.22. The standard InChI is InChI=1S/C16H24N2O3/c1-11-7-14-15(8-12(11)2)21-16(10-20-14)13(19)9-18-5-3-17-4-6-18/h7-8,13,16-17,19H,3-6,9-10H2,1-2H3. The molecule has 2 N–H and O–H groups in total. The lowest BCUT2D eigenvalue weighted by Gasteiger charge is -2.34. The Hall–Kier alpha value is -1.30. The van der Waals surface area contributed by atoms with Gasteiger partial charge in [0.25, 0.3) is 0 Å². The van der Waals surface area contributed by atoms with Crippen LogP contribution in [0.4, 0.5) is 0 Å². The zero-order chi connectivity index (χ0) is 14.8. The Bertz CT molecular complexity index is 501. The number of ether oxygens (including phenoxy) is 2. The van der Waals surface area contributed by atoms with Crippen molar-refractivity contribution in [2.24, 2.45) is 0 Å². The normalized spacial score (nSPS) is 23.9. The van der Waals surface area contributed by atoms with Crippen LogP contribution in [0.5, 0.6) is 11.5 Å². The van der Waals surface area contributed by atoms with E-state index in [4.69, 9.17) is 9.47 Å². The predicted molar refractivity (Wildman–Crippen MR) is 81.1 cm³/mol. The third-order valence-corrected chi connectivity index (χ3v) is 4.33. The van der Waals surface area contributed by atoms with Gasteiger partial charge >= 0.3 is 0 Å². The van der Waals surface area contributed by atoms with Crippen molar-refractivity contribution in [2.75, 3.05) is 39.3 Å². The van der Waals surface area contributed by atoms with E-state index in [-0.39, 0.29) is 6.10 Å². The molecule has 5 heteroatoms. The Balaban J connectivity index is 1.63. The molecule has 1 fully saturated rings. The number of benzene rings is 1. The van der Waals surface area contributed by atoms with Gasteiger partial charge in [-0.25, -0.2) is 0 Å². The highest BCUT2D eigenvalue weighted by Crippen LogP contribution is 2.34. The van der Waals surface area contributed by atoms with Crippen molar-refractivity contribution >= 4 is 0 Å². The first-order chi connectivity index (χ1) is 10.1. The van der Waals surface area contributed by atoms with Crippen molar-refractivity contribution in [1.82, 2.24) is 10.2 Å². The third kappa shape index (κ3) is 3.31. The molecular formula is C16H24N2O3. The zero-order valence-corrected chi connectivity index (χ0v) is 12.8. The van der Waals surface area contributed by atoms with Gasteiger partial charge in [-0.15, -0.1) is 0 Å². The number of aryl methyl sites for hydroxylation is 2. The molecule has 1 aromatic carbocycles. The van der Waals surface area contributed by atoms with Crippen LogP contribution in [-0.4, -0.2) is 61.5 Å². The van der Waals surface area contributed by atoms with Gasteiger partial charge in [0.2, 0.25) is 0 Å². The van der Waals surface area contributed by atoms with Crippen LogP contribution in [0.15, 0.2) is 12.1 Å². The molecule has 2 aliphatic rings. The second-order valence-electron chi connectivity index (χ2n) is 5.97. The Morgan fingerprint density at radius 3 is 2.62 bits per heavy atom. The molecule has 0 amide bonds. The molecule has 116 valence electrons. The smallest absolute Gasteiger partial charge is 0.162 e. The van der Waals surface area contributed by atoms with Gasteiger partial charge < -0.3 is 19.9 Å². The largest absolute Gasteiger partial charge is 0.486 e. The van der Waals surface area contributed by atoms with Crippen LogP contribution >= 0.6 is 0 Å². The van der Waals surface area contributed by atoms with Gasteiger partial charge in [-0.2, -0.15) is 0 Å². The molecule has 5 nitrogen and oxygen atoms in total. The summed E-state index contributed by atoms with van der Waals surface area (Å²) in [5, 5.41) is 13.7. The summed E-state index contributed by atoms with van der Waals surface area (Å²) in [5.74, 6) is 1.53. The molecule has 0 bridgehead atoms. The van der Waals surface area contributed by atoms with E-state index in [0.717, 1.165) is 37.7 Å². The van der Waals surface area contributed by atoms with E-state index < -0.39 is 6.10 Å². The molecule has 2 aliphatic heterocycles. The maximum atomic E-state index is 10.4. The first-order valence-electron chi connectivity index (χ1n) is 7.65. The fourth-order valence-corrected chi connectivity index (χ4v) is 2.80. The van der Waals surface area contributed by atoms with Crippen molar-refractivity contribution in [2.45, 2.75) is 26.1 Å². The van der Waals surface area contributed by atoms with Crippen molar-refractivity contribution < 1.29 is 14.6 Å². The minimum atomic E-state index is -0.530. The van der Waals surface area contributed by atoms with Crippen molar-refractivity contribution in [3.05, 3.63) is 23.3 Å². The summed E-state index contributed by atoms with van der Waals surface area (Å²) in [6.07, 6.45) is -0.827. The molecule has 2 atom stereocenters. The number of nitrogens with one attached hydrogen (secondary N) is 1. The highest BCUT2D eigenvalue weighted by molar-refractivity contribution is 5.47. The summed E-state index contributed by atoms with van der Waals surface area (Å²) in [4.78, 5) is 2.26. The molecule has 0 spiro atoms. The summed E-state index contributed by atoms with van der Waals surface area (Å²) in [7, 11) is 0. The van der Waals surface area contributed by atoms with Crippen LogP contribution in [0, 0.1) is 13.8 Å². The summed E-state index contributed by atoms with van der Waals surface area (Å²) >= 11 is 0. The maximum absolute atomic E-state index is 10.4. The molecule has 3 rings (SSSR count). The highest BCUT2D eigenvalue weighted by atomic mass is 16.6. The van der Waals surface area contributed by atoms with Gasteiger partial charge in [-0.3, -0.25) is 4.90 Å². The van der Waals surface area contributed by atoms with E-state index in [0.29, 0.717) is 13.2 Å². The third-order valence-electron chi connectivity index (χ3n) is 4.33. The van der Waals surface area contributed by atoms with Crippen molar-refractivity contribution in [3.8, 4) is 11.5 Å². The predicted octanol–water partition coefficient (Wildman–Crippen LogP) is 0.709. The Morgan fingerprint density at radius 2 is 1.90 bits per heavy atom. The molecule has 1 saturated heterocycles. The fourth-order valence-electron chi connectivity index (χ4n) is 2.80. The average molecular weight is 292 g/mol. The summed E-state index contributed by atoms with van der Waals surface area (Å²) in [6.45, 7) is 9.06. The second-order valence-corrected chi connectivity index (χ2v) is 5.97. The number of aliphatic hydroxyl groups is 1. The summed E-state index contributed by atoms with van der Waals surface area (Å²) in [6, 6.07) is 4.00. The number of piperazine rings is 1. The Morgan fingerprint density at radius 1 is 1.24 bits per heavy atom. The first-order valence-corrected chi connectivity index (χ1v) is 7.65. The van der Waals surface area contributed by atoms with Crippen molar-refractivity contribution in [3.63, 3.8) is 0 Å². The molecule has 0 radical (unpaired) electrons. The van der Waals surface area contributed by atoms with E-state index in [2.05, 4.69) is 24.1 Å². The molecule has 0 saturated carbocycles. The molecule has 2 heterocycles. The monoisotopic (exact) mass is 292 g/mol. The quantitative estimate of drug-likeness (QED) is 0.859. The van der Waals surface area contributed by atoms with E-state index in [1.165, 1.54) is 11.1 Å². The molecule has 21 heavy (non-hydrogen) atoms. The maximum Gasteiger partial charge on any atom is 0.162 e. The fraction of sp³-hybridized carbons (Fsp3) is 0.625. The number of hydrogen-bond donors (Lipinski definition) is 2. The van der Waals surface area contributed by atoms with Crippen LogP contribution in [0.2, 0.25) is 0 Å². The summed E-state index contributed by atoms with van der Waals surface area (Å²) < 4.78 is 11.7.